The number of hydrogen-bond acceptors (Lipinski definition) is 2. The molecule has 2 nitrogen and oxygen atoms in total. The molecule has 0 fully saturated rings. The lowest BCUT2D eigenvalue weighted by Gasteiger charge is -2.14. The summed E-state index contributed by atoms with van der Waals surface area (Å²) < 4.78 is 0. The van der Waals surface area contributed by atoms with Crippen molar-refractivity contribution < 1.29 is 0 Å². The van der Waals surface area contributed by atoms with Crippen LogP contribution in [0, 0.1) is 6.92 Å². The zero-order chi connectivity index (χ0) is 12.8. The molecule has 0 bridgehead atoms. The number of aromatic nitrogens is 1. The van der Waals surface area contributed by atoms with Crippen molar-refractivity contribution in [2.45, 2.75) is 26.3 Å². The zero-order valence-electron chi connectivity index (χ0n) is 11.1. The van der Waals surface area contributed by atoms with Gasteiger partial charge in [0.15, 0.2) is 0 Å². The Morgan fingerprint density at radius 2 is 1.83 bits per heavy atom. The second kappa shape index (κ2) is 6.31. The highest BCUT2D eigenvalue weighted by Crippen LogP contribution is 2.11. The summed E-state index contributed by atoms with van der Waals surface area (Å²) in [7, 11) is 0. The highest BCUT2D eigenvalue weighted by molar-refractivity contribution is 5.25. The van der Waals surface area contributed by atoms with Crippen LogP contribution in [0.15, 0.2) is 48.8 Å². The number of benzene rings is 1. The molecule has 2 aromatic rings. The molecule has 18 heavy (non-hydrogen) atoms. The molecule has 0 aliphatic rings. The molecule has 1 aromatic heterocycles. The van der Waals surface area contributed by atoms with Crippen molar-refractivity contribution in [1.82, 2.24) is 10.3 Å². The van der Waals surface area contributed by atoms with Crippen LogP contribution >= 0.6 is 0 Å². The van der Waals surface area contributed by atoms with Gasteiger partial charge in [0.25, 0.3) is 0 Å². The van der Waals surface area contributed by atoms with E-state index in [2.05, 4.69) is 60.5 Å². The molecule has 0 radical (unpaired) electrons. The van der Waals surface area contributed by atoms with Crippen molar-refractivity contribution in [2.24, 2.45) is 0 Å². The molecule has 1 unspecified atom stereocenters. The zero-order valence-corrected chi connectivity index (χ0v) is 11.1. The van der Waals surface area contributed by atoms with Crippen LogP contribution in [0.4, 0.5) is 0 Å². The van der Waals surface area contributed by atoms with Gasteiger partial charge in [-0.3, -0.25) is 4.98 Å². The van der Waals surface area contributed by atoms with Crippen molar-refractivity contribution in [3.05, 3.63) is 65.5 Å². The standard InChI is InChI=1S/C16H20N2/c1-13-5-3-4-6-15(13)9-12-18-14(2)16-7-10-17-11-8-16/h3-8,10-11,14,18H,9,12H2,1-2H3. The van der Waals surface area contributed by atoms with Crippen molar-refractivity contribution in [2.75, 3.05) is 6.54 Å². The number of nitrogens with one attached hydrogen (secondary N) is 1. The van der Waals surface area contributed by atoms with Gasteiger partial charge in [-0.2, -0.15) is 0 Å². The van der Waals surface area contributed by atoms with Gasteiger partial charge in [-0.05, 0) is 55.6 Å². The van der Waals surface area contributed by atoms with E-state index in [0.29, 0.717) is 6.04 Å². The van der Waals surface area contributed by atoms with Gasteiger partial charge in [0, 0.05) is 18.4 Å². The molecule has 2 heteroatoms. The highest BCUT2D eigenvalue weighted by Gasteiger charge is 2.04. The molecular weight excluding hydrogens is 220 g/mol. The maximum absolute atomic E-state index is 4.04. The molecule has 0 amide bonds. The lowest BCUT2D eigenvalue weighted by molar-refractivity contribution is 0.576. The van der Waals surface area contributed by atoms with E-state index in [1.165, 1.54) is 16.7 Å². The maximum Gasteiger partial charge on any atom is 0.0293 e. The largest absolute Gasteiger partial charge is 0.310 e. The Bertz CT molecular complexity index is 479. The predicted octanol–water partition coefficient (Wildman–Crippen LogP) is 3.28. The summed E-state index contributed by atoms with van der Waals surface area (Å²) in [6, 6.07) is 13.1. The summed E-state index contributed by atoms with van der Waals surface area (Å²) in [6.45, 7) is 5.35. The molecule has 2 rings (SSSR count). The van der Waals surface area contributed by atoms with Gasteiger partial charge in [0.1, 0.15) is 0 Å². The number of nitrogens with zero attached hydrogens (tertiary/aromatic N) is 1. The summed E-state index contributed by atoms with van der Waals surface area (Å²) in [6.07, 6.45) is 4.76. The van der Waals surface area contributed by atoms with Crippen molar-refractivity contribution in [1.29, 1.82) is 0 Å². The Morgan fingerprint density at radius 3 is 2.56 bits per heavy atom. The van der Waals surface area contributed by atoms with Gasteiger partial charge < -0.3 is 5.32 Å². The minimum Gasteiger partial charge on any atom is -0.310 e. The van der Waals surface area contributed by atoms with Gasteiger partial charge in [-0.1, -0.05) is 24.3 Å². The lowest BCUT2D eigenvalue weighted by atomic mass is 10.1. The van der Waals surface area contributed by atoms with Gasteiger partial charge >= 0.3 is 0 Å². The molecule has 1 aromatic carbocycles. The van der Waals surface area contributed by atoms with E-state index >= 15 is 0 Å². The van der Waals surface area contributed by atoms with E-state index < -0.39 is 0 Å². The molecule has 0 spiro atoms. The fraction of sp³-hybridized carbons (Fsp3) is 0.312. The number of hydrogen-bond donors (Lipinski definition) is 1. The third-order valence-corrected chi connectivity index (χ3v) is 3.31. The first kappa shape index (κ1) is 12.8. The predicted molar refractivity (Wildman–Crippen MR) is 75.5 cm³/mol. The van der Waals surface area contributed by atoms with E-state index in [1.807, 2.05) is 12.4 Å². The minimum atomic E-state index is 0.372. The number of aryl methyl sites for hydroxylation is 1. The SMILES string of the molecule is Cc1ccccc1CCNC(C)c1ccncc1. The van der Waals surface area contributed by atoms with Gasteiger partial charge in [-0.15, -0.1) is 0 Å². The molecule has 1 heterocycles. The Labute approximate surface area is 109 Å². The van der Waals surface area contributed by atoms with Crippen LogP contribution in [0.1, 0.15) is 29.7 Å². The van der Waals surface area contributed by atoms with E-state index in [9.17, 15) is 0 Å². The Kier molecular flexibility index (Phi) is 4.48. The first-order valence-corrected chi connectivity index (χ1v) is 6.45. The number of pyridine rings is 1. The smallest absolute Gasteiger partial charge is 0.0293 e. The Hall–Kier alpha value is -1.67. The maximum atomic E-state index is 4.04. The summed E-state index contributed by atoms with van der Waals surface area (Å²) in [5.74, 6) is 0. The summed E-state index contributed by atoms with van der Waals surface area (Å²) in [5, 5.41) is 3.55. The molecule has 0 saturated heterocycles. The van der Waals surface area contributed by atoms with Crippen molar-refractivity contribution in [3.63, 3.8) is 0 Å². The monoisotopic (exact) mass is 240 g/mol. The minimum absolute atomic E-state index is 0.372. The Balaban J connectivity index is 1.84. The summed E-state index contributed by atoms with van der Waals surface area (Å²) in [4.78, 5) is 4.04. The second-order valence-electron chi connectivity index (χ2n) is 4.63. The van der Waals surface area contributed by atoms with Gasteiger partial charge in [-0.25, -0.2) is 0 Å². The molecule has 1 atom stereocenters. The van der Waals surface area contributed by atoms with Crippen LogP contribution in [0.2, 0.25) is 0 Å². The van der Waals surface area contributed by atoms with E-state index in [1.54, 1.807) is 0 Å². The van der Waals surface area contributed by atoms with Crippen LogP contribution in [0.25, 0.3) is 0 Å². The third-order valence-electron chi connectivity index (χ3n) is 3.31. The fourth-order valence-electron chi connectivity index (χ4n) is 2.08. The molecule has 0 saturated carbocycles. The van der Waals surface area contributed by atoms with E-state index in [4.69, 9.17) is 0 Å². The quantitative estimate of drug-likeness (QED) is 0.867. The van der Waals surface area contributed by atoms with Crippen LogP contribution in [-0.2, 0) is 6.42 Å². The molecule has 0 aliphatic carbocycles. The summed E-state index contributed by atoms with van der Waals surface area (Å²) >= 11 is 0. The normalized spacial score (nSPS) is 12.3. The first-order valence-electron chi connectivity index (χ1n) is 6.45. The second-order valence-corrected chi connectivity index (χ2v) is 4.63. The highest BCUT2D eigenvalue weighted by atomic mass is 14.9. The topological polar surface area (TPSA) is 24.9 Å². The Morgan fingerprint density at radius 1 is 1.11 bits per heavy atom. The average molecular weight is 240 g/mol. The van der Waals surface area contributed by atoms with Crippen molar-refractivity contribution in [3.8, 4) is 0 Å². The van der Waals surface area contributed by atoms with E-state index in [-0.39, 0.29) is 0 Å². The van der Waals surface area contributed by atoms with Gasteiger partial charge in [0.05, 0.1) is 0 Å². The third kappa shape index (κ3) is 3.41. The van der Waals surface area contributed by atoms with Crippen LogP contribution in [0.5, 0.6) is 0 Å². The number of rotatable bonds is 5. The van der Waals surface area contributed by atoms with Crippen molar-refractivity contribution >= 4 is 0 Å². The fourth-order valence-corrected chi connectivity index (χ4v) is 2.08. The van der Waals surface area contributed by atoms with Crippen LogP contribution in [-0.4, -0.2) is 11.5 Å². The summed E-state index contributed by atoms with van der Waals surface area (Å²) in [5.41, 5.74) is 4.08. The van der Waals surface area contributed by atoms with Gasteiger partial charge in [0.2, 0.25) is 0 Å². The average Bonchev–Trinajstić information content (AvgIpc) is 2.42. The molecular formula is C16H20N2. The molecule has 0 aliphatic heterocycles. The van der Waals surface area contributed by atoms with Crippen LogP contribution < -0.4 is 5.32 Å². The lowest BCUT2D eigenvalue weighted by Crippen LogP contribution is -2.21. The molecule has 94 valence electrons. The molecule has 1 N–H and O–H groups in total. The van der Waals surface area contributed by atoms with Crippen LogP contribution in [0.3, 0.4) is 0 Å². The first-order chi connectivity index (χ1) is 8.77. The van der Waals surface area contributed by atoms with E-state index in [0.717, 1.165) is 13.0 Å².